The van der Waals surface area contributed by atoms with Crippen molar-refractivity contribution in [1.82, 2.24) is 10.2 Å². The highest BCUT2D eigenvalue weighted by atomic mass is 32.2. The van der Waals surface area contributed by atoms with Gasteiger partial charge in [0.05, 0.1) is 5.56 Å². The largest absolute Gasteiger partial charge is 0.446 e. The highest BCUT2D eigenvalue weighted by Crippen LogP contribution is 2.38. The number of piperazine rings is 1. The second-order valence-electron chi connectivity index (χ2n) is 4.18. The van der Waals surface area contributed by atoms with Gasteiger partial charge in [0.25, 0.3) is 5.91 Å². The number of carbonyl (C=O) groups excluding carboxylic acids is 3. The van der Waals surface area contributed by atoms with E-state index in [4.69, 9.17) is 0 Å². The van der Waals surface area contributed by atoms with Crippen molar-refractivity contribution in [2.45, 2.75) is 10.4 Å². The minimum atomic E-state index is -4.54. The number of thioether (sulfide) groups is 1. The molecule has 0 aromatic heterocycles. The number of carbonyl (C=O) groups is 3. The molecule has 0 radical (unpaired) electrons. The molecule has 5 nitrogen and oxygen atoms in total. The highest BCUT2D eigenvalue weighted by molar-refractivity contribution is 8.00. The zero-order valence-electron chi connectivity index (χ0n) is 10.4. The van der Waals surface area contributed by atoms with Crippen molar-refractivity contribution in [3.05, 3.63) is 29.8 Å². The summed E-state index contributed by atoms with van der Waals surface area (Å²) in [5, 5.41) is 2.01. The van der Waals surface area contributed by atoms with Crippen molar-refractivity contribution in [2.75, 3.05) is 13.1 Å². The first-order chi connectivity index (χ1) is 9.76. The Balaban J connectivity index is 2.27. The predicted molar refractivity (Wildman–Crippen MR) is 67.4 cm³/mol. The molecule has 21 heavy (non-hydrogen) atoms. The normalized spacial score (nSPS) is 15.9. The van der Waals surface area contributed by atoms with E-state index >= 15 is 0 Å². The van der Waals surface area contributed by atoms with Crippen LogP contribution in [-0.2, 0) is 9.59 Å². The lowest BCUT2D eigenvalue weighted by Crippen LogP contribution is -2.53. The van der Waals surface area contributed by atoms with Crippen LogP contribution in [0.15, 0.2) is 29.2 Å². The molecule has 0 atom stereocenters. The summed E-state index contributed by atoms with van der Waals surface area (Å²) in [5.74, 6) is -2.12. The van der Waals surface area contributed by atoms with Gasteiger partial charge in [-0.15, -0.1) is 0 Å². The fraction of sp³-hybridized carbons (Fsp3) is 0.250. The van der Waals surface area contributed by atoms with E-state index in [1.807, 2.05) is 5.32 Å². The number of hydrogen-bond donors (Lipinski definition) is 1. The molecule has 3 amide bonds. The third-order valence-corrected chi connectivity index (χ3v) is 3.39. The topological polar surface area (TPSA) is 66.5 Å². The summed E-state index contributed by atoms with van der Waals surface area (Å²) in [7, 11) is 0. The van der Waals surface area contributed by atoms with E-state index in [0.29, 0.717) is 0 Å². The van der Waals surface area contributed by atoms with Crippen LogP contribution in [0.5, 0.6) is 0 Å². The van der Waals surface area contributed by atoms with Crippen LogP contribution in [0.2, 0.25) is 0 Å². The lowest BCUT2D eigenvalue weighted by molar-refractivity contribution is -0.135. The van der Waals surface area contributed by atoms with Gasteiger partial charge in [-0.25, -0.2) is 0 Å². The van der Waals surface area contributed by atoms with E-state index in [0.717, 1.165) is 11.0 Å². The van der Waals surface area contributed by atoms with Gasteiger partial charge in [-0.1, -0.05) is 12.1 Å². The van der Waals surface area contributed by atoms with E-state index in [1.165, 1.54) is 18.2 Å². The molecule has 112 valence electrons. The number of amides is 3. The van der Waals surface area contributed by atoms with Crippen LogP contribution < -0.4 is 5.32 Å². The quantitative estimate of drug-likeness (QED) is 0.661. The van der Waals surface area contributed by atoms with Gasteiger partial charge in [0, 0.05) is 4.90 Å². The van der Waals surface area contributed by atoms with Gasteiger partial charge < -0.3 is 4.90 Å². The van der Waals surface area contributed by atoms with Crippen LogP contribution in [0.25, 0.3) is 0 Å². The summed E-state index contributed by atoms with van der Waals surface area (Å²) in [5.41, 5.74) is -4.73. The zero-order valence-corrected chi connectivity index (χ0v) is 11.3. The van der Waals surface area contributed by atoms with Crippen LogP contribution in [0.1, 0.15) is 10.4 Å². The van der Waals surface area contributed by atoms with E-state index in [-0.39, 0.29) is 23.5 Å². The molecular weight excluding hydrogens is 309 g/mol. The molecule has 1 fully saturated rings. The van der Waals surface area contributed by atoms with Crippen molar-refractivity contribution in [3.8, 4) is 0 Å². The third-order valence-electron chi connectivity index (χ3n) is 2.58. The average Bonchev–Trinajstić information content (AvgIpc) is 2.35. The number of halogens is 3. The molecule has 0 unspecified atom stereocenters. The number of rotatable bonds is 2. The first-order valence-corrected chi connectivity index (χ1v) is 6.54. The Morgan fingerprint density at radius 1 is 1.14 bits per heavy atom. The minimum absolute atomic E-state index is 0.192. The van der Waals surface area contributed by atoms with Gasteiger partial charge in [0.2, 0.25) is 11.8 Å². The van der Waals surface area contributed by atoms with Crippen LogP contribution in [0, 0.1) is 0 Å². The molecule has 1 aliphatic rings. The Hall–Kier alpha value is -2.03. The number of alkyl halides is 3. The molecule has 1 aromatic rings. The number of nitrogens with zero attached hydrogens (tertiary/aromatic N) is 1. The molecule has 0 bridgehead atoms. The van der Waals surface area contributed by atoms with Crippen molar-refractivity contribution < 1.29 is 27.6 Å². The Labute approximate surface area is 121 Å². The lowest BCUT2D eigenvalue weighted by Gasteiger charge is -2.26. The summed E-state index contributed by atoms with van der Waals surface area (Å²) < 4.78 is 37.4. The Morgan fingerprint density at radius 3 is 2.29 bits per heavy atom. The molecule has 9 heteroatoms. The van der Waals surface area contributed by atoms with Gasteiger partial charge in [0.1, 0.15) is 13.1 Å². The van der Waals surface area contributed by atoms with E-state index in [1.54, 1.807) is 0 Å². The SMILES string of the molecule is O=C1CN(C(=O)c2ccccc2SC(F)(F)F)CC(=O)N1. The number of imide groups is 1. The Kier molecular flexibility index (Phi) is 4.21. The molecule has 0 aliphatic carbocycles. The van der Waals surface area contributed by atoms with E-state index in [9.17, 15) is 27.6 Å². The van der Waals surface area contributed by atoms with Crippen LogP contribution in [0.4, 0.5) is 13.2 Å². The van der Waals surface area contributed by atoms with Gasteiger partial charge in [0.15, 0.2) is 0 Å². The average molecular weight is 318 g/mol. The molecule has 1 heterocycles. The summed E-state index contributed by atoms with van der Waals surface area (Å²) in [6.45, 7) is -0.731. The first-order valence-electron chi connectivity index (χ1n) is 5.73. The smallest absolute Gasteiger partial charge is 0.320 e. The predicted octanol–water partition coefficient (Wildman–Crippen LogP) is 1.40. The van der Waals surface area contributed by atoms with Gasteiger partial charge in [-0.3, -0.25) is 19.7 Å². The van der Waals surface area contributed by atoms with E-state index in [2.05, 4.69) is 0 Å². The van der Waals surface area contributed by atoms with Crippen molar-refractivity contribution in [2.24, 2.45) is 0 Å². The standard InChI is InChI=1S/C12H9F3N2O3S/c13-12(14,15)21-8-4-2-1-3-7(8)11(20)17-5-9(18)16-10(19)6-17/h1-4H,5-6H2,(H,16,18,19). The van der Waals surface area contributed by atoms with E-state index < -0.39 is 35.0 Å². The van der Waals surface area contributed by atoms with Crippen molar-refractivity contribution in [1.29, 1.82) is 0 Å². The van der Waals surface area contributed by atoms with Crippen molar-refractivity contribution in [3.63, 3.8) is 0 Å². The molecular formula is C12H9F3N2O3S. The van der Waals surface area contributed by atoms with Crippen LogP contribution in [-0.4, -0.2) is 41.2 Å². The molecule has 1 N–H and O–H groups in total. The summed E-state index contributed by atoms with van der Waals surface area (Å²) in [6.07, 6.45) is 0. The zero-order chi connectivity index (χ0) is 15.6. The van der Waals surface area contributed by atoms with Gasteiger partial charge >= 0.3 is 5.51 Å². The first kappa shape index (κ1) is 15.4. The number of benzene rings is 1. The summed E-state index contributed by atoms with van der Waals surface area (Å²) >= 11 is -0.412. The molecule has 1 aromatic carbocycles. The van der Waals surface area contributed by atoms with Gasteiger partial charge in [-0.05, 0) is 23.9 Å². The van der Waals surface area contributed by atoms with Crippen LogP contribution in [0.3, 0.4) is 0 Å². The lowest BCUT2D eigenvalue weighted by atomic mass is 10.2. The van der Waals surface area contributed by atoms with Crippen LogP contribution >= 0.6 is 11.8 Å². The monoisotopic (exact) mass is 318 g/mol. The Bertz CT molecular complexity index is 588. The fourth-order valence-electron chi connectivity index (χ4n) is 1.81. The maximum absolute atomic E-state index is 12.5. The van der Waals surface area contributed by atoms with Gasteiger partial charge in [-0.2, -0.15) is 13.2 Å². The summed E-state index contributed by atoms with van der Waals surface area (Å²) in [6, 6.07) is 5.18. The summed E-state index contributed by atoms with van der Waals surface area (Å²) in [4.78, 5) is 35.3. The highest BCUT2D eigenvalue weighted by Gasteiger charge is 2.33. The minimum Gasteiger partial charge on any atom is -0.320 e. The maximum atomic E-state index is 12.5. The second kappa shape index (κ2) is 5.76. The molecule has 0 spiro atoms. The molecule has 1 saturated heterocycles. The molecule has 1 aliphatic heterocycles. The third kappa shape index (κ3) is 3.97. The maximum Gasteiger partial charge on any atom is 0.446 e. The second-order valence-corrected chi connectivity index (χ2v) is 5.28. The van der Waals surface area contributed by atoms with Crippen molar-refractivity contribution >= 4 is 29.5 Å². The molecule has 2 rings (SSSR count). The fourth-order valence-corrected chi connectivity index (χ4v) is 2.47. The number of nitrogens with one attached hydrogen (secondary N) is 1. The molecule has 0 saturated carbocycles. The Morgan fingerprint density at radius 2 is 1.71 bits per heavy atom. The number of hydrogen-bond acceptors (Lipinski definition) is 4.